The number of nitrogens with zero attached hydrogens (tertiary/aromatic N) is 4. The molecular weight excluding hydrogens is 244 g/mol. The summed E-state index contributed by atoms with van der Waals surface area (Å²) in [4.78, 5) is 18.9. The van der Waals surface area contributed by atoms with E-state index in [9.17, 15) is 4.79 Å². The van der Waals surface area contributed by atoms with Crippen LogP contribution in [0.4, 0.5) is 0 Å². The van der Waals surface area contributed by atoms with Crippen molar-refractivity contribution < 1.29 is 9.90 Å². The number of rotatable bonds is 3. The third-order valence-electron chi connectivity index (χ3n) is 2.69. The first-order chi connectivity index (χ1) is 9.22. The highest BCUT2D eigenvalue weighted by atomic mass is 16.4. The van der Waals surface area contributed by atoms with Crippen molar-refractivity contribution in [3.05, 3.63) is 42.9 Å². The molecule has 0 spiro atoms. The van der Waals surface area contributed by atoms with Crippen LogP contribution >= 0.6 is 0 Å². The Bertz CT molecular complexity index is 751. The number of benzene rings is 1. The molecule has 3 rings (SSSR count). The minimum atomic E-state index is -0.945. The number of pyridine rings is 1. The van der Waals surface area contributed by atoms with Gasteiger partial charge in [0.15, 0.2) is 5.82 Å². The van der Waals surface area contributed by atoms with Gasteiger partial charge in [-0.3, -0.25) is 9.78 Å². The van der Waals surface area contributed by atoms with E-state index in [4.69, 9.17) is 5.11 Å². The molecule has 0 saturated carbocycles. The van der Waals surface area contributed by atoms with Crippen LogP contribution in [0.2, 0.25) is 0 Å². The highest BCUT2D eigenvalue weighted by molar-refractivity contribution is 5.82. The van der Waals surface area contributed by atoms with Crippen molar-refractivity contribution in [2.45, 2.75) is 6.54 Å². The molecule has 0 aliphatic heterocycles. The van der Waals surface area contributed by atoms with Crippen LogP contribution in [0, 0.1) is 0 Å². The zero-order valence-electron chi connectivity index (χ0n) is 9.89. The summed E-state index contributed by atoms with van der Waals surface area (Å²) in [7, 11) is 0. The molecule has 2 heterocycles. The number of carboxylic acids is 1. The first kappa shape index (κ1) is 11.3. The molecule has 3 aromatic rings. The van der Waals surface area contributed by atoms with Crippen molar-refractivity contribution in [1.29, 1.82) is 0 Å². The van der Waals surface area contributed by atoms with Crippen LogP contribution in [0.25, 0.3) is 22.3 Å². The summed E-state index contributed by atoms with van der Waals surface area (Å²) in [6.07, 6.45) is 3.15. The van der Waals surface area contributed by atoms with Crippen LogP contribution < -0.4 is 0 Å². The third kappa shape index (κ3) is 2.28. The Hall–Kier alpha value is -2.76. The Labute approximate surface area is 108 Å². The normalized spacial score (nSPS) is 10.7. The van der Waals surface area contributed by atoms with E-state index >= 15 is 0 Å². The van der Waals surface area contributed by atoms with E-state index in [0.29, 0.717) is 5.82 Å². The summed E-state index contributed by atoms with van der Waals surface area (Å²) in [6.45, 7) is -0.192. The average molecular weight is 254 g/mol. The van der Waals surface area contributed by atoms with Crippen LogP contribution in [0.1, 0.15) is 0 Å². The van der Waals surface area contributed by atoms with Crippen LogP contribution in [0.15, 0.2) is 42.9 Å². The second-order valence-electron chi connectivity index (χ2n) is 4.07. The second kappa shape index (κ2) is 4.49. The lowest BCUT2D eigenvalue weighted by Gasteiger charge is -1.99. The van der Waals surface area contributed by atoms with Gasteiger partial charge < -0.3 is 5.11 Å². The molecule has 1 N–H and O–H groups in total. The van der Waals surface area contributed by atoms with Gasteiger partial charge in [-0.05, 0) is 24.3 Å². The Morgan fingerprint density at radius 3 is 3.00 bits per heavy atom. The molecule has 94 valence electrons. The average Bonchev–Trinajstić information content (AvgIpc) is 2.86. The van der Waals surface area contributed by atoms with Crippen LogP contribution in [-0.4, -0.2) is 30.8 Å². The highest BCUT2D eigenvalue weighted by Crippen LogP contribution is 2.20. The quantitative estimate of drug-likeness (QED) is 0.767. The highest BCUT2D eigenvalue weighted by Gasteiger charge is 2.07. The molecular formula is C13H10N4O2. The number of fused-ring (bicyclic) bond motifs is 1. The number of aliphatic carboxylic acids is 1. The molecule has 0 aliphatic rings. The molecule has 19 heavy (non-hydrogen) atoms. The third-order valence-corrected chi connectivity index (χ3v) is 2.69. The predicted octanol–water partition coefficient (Wildman–Crippen LogP) is 1.58. The molecule has 0 saturated heterocycles. The molecule has 0 fully saturated rings. The molecule has 1 aromatic carbocycles. The first-order valence-corrected chi connectivity index (χ1v) is 5.69. The van der Waals surface area contributed by atoms with Gasteiger partial charge >= 0.3 is 5.97 Å². The molecule has 2 aromatic heterocycles. The van der Waals surface area contributed by atoms with Crippen LogP contribution in [-0.2, 0) is 11.3 Å². The fourth-order valence-corrected chi connectivity index (χ4v) is 1.86. The van der Waals surface area contributed by atoms with E-state index in [1.54, 1.807) is 6.20 Å². The summed E-state index contributed by atoms with van der Waals surface area (Å²) < 4.78 is 1.30. The lowest BCUT2D eigenvalue weighted by Crippen LogP contribution is -2.08. The SMILES string of the molecule is O=C(O)Cn1cnc(-c2ccc3ncccc3c2)n1. The largest absolute Gasteiger partial charge is 0.480 e. The van der Waals surface area contributed by atoms with Crippen molar-refractivity contribution in [3.8, 4) is 11.4 Å². The van der Waals surface area contributed by atoms with Gasteiger partial charge in [0.05, 0.1) is 5.52 Å². The van der Waals surface area contributed by atoms with E-state index in [0.717, 1.165) is 16.5 Å². The minimum absolute atomic E-state index is 0.192. The number of carbonyl (C=O) groups is 1. The molecule has 0 aliphatic carbocycles. The number of hydrogen-bond acceptors (Lipinski definition) is 4. The summed E-state index contributed by atoms with van der Waals surface area (Å²) >= 11 is 0. The Morgan fingerprint density at radius 2 is 2.16 bits per heavy atom. The smallest absolute Gasteiger partial charge is 0.325 e. The molecule has 6 heteroatoms. The van der Waals surface area contributed by atoms with Crippen molar-refractivity contribution in [1.82, 2.24) is 19.7 Å². The van der Waals surface area contributed by atoms with Gasteiger partial charge in [-0.1, -0.05) is 6.07 Å². The zero-order chi connectivity index (χ0) is 13.2. The van der Waals surface area contributed by atoms with Crippen molar-refractivity contribution in [2.75, 3.05) is 0 Å². The van der Waals surface area contributed by atoms with Gasteiger partial charge in [-0.2, -0.15) is 5.10 Å². The van der Waals surface area contributed by atoms with E-state index in [2.05, 4.69) is 15.1 Å². The molecule has 0 atom stereocenters. The van der Waals surface area contributed by atoms with Crippen LogP contribution in [0.5, 0.6) is 0 Å². The lowest BCUT2D eigenvalue weighted by atomic mass is 10.1. The van der Waals surface area contributed by atoms with E-state index < -0.39 is 5.97 Å². The maximum absolute atomic E-state index is 10.6. The minimum Gasteiger partial charge on any atom is -0.480 e. The molecule has 6 nitrogen and oxygen atoms in total. The standard InChI is InChI=1S/C13H10N4O2/c18-12(19)7-17-8-15-13(16-17)10-3-4-11-9(6-10)2-1-5-14-11/h1-6,8H,7H2,(H,18,19). The van der Waals surface area contributed by atoms with E-state index in [1.807, 2.05) is 30.3 Å². The fraction of sp³-hybridized carbons (Fsp3) is 0.0769. The van der Waals surface area contributed by atoms with Gasteiger partial charge in [0, 0.05) is 17.1 Å². The molecule has 0 radical (unpaired) electrons. The Morgan fingerprint density at radius 1 is 1.26 bits per heavy atom. The van der Waals surface area contributed by atoms with Gasteiger partial charge in [0.25, 0.3) is 0 Å². The zero-order valence-corrected chi connectivity index (χ0v) is 9.89. The van der Waals surface area contributed by atoms with E-state index in [1.165, 1.54) is 11.0 Å². The van der Waals surface area contributed by atoms with Crippen molar-refractivity contribution in [2.24, 2.45) is 0 Å². The predicted molar refractivity (Wildman–Crippen MR) is 68.4 cm³/mol. The summed E-state index contributed by atoms with van der Waals surface area (Å²) in [6, 6.07) is 9.52. The maximum Gasteiger partial charge on any atom is 0.325 e. The van der Waals surface area contributed by atoms with Crippen molar-refractivity contribution in [3.63, 3.8) is 0 Å². The fourth-order valence-electron chi connectivity index (χ4n) is 1.86. The Balaban J connectivity index is 1.99. The van der Waals surface area contributed by atoms with Crippen LogP contribution in [0.3, 0.4) is 0 Å². The number of aromatic nitrogens is 4. The summed E-state index contributed by atoms with van der Waals surface area (Å²) in [5, 5.41) is 13.8. The van der Waals surface area contributed by atoms with Gasteiger partial charge in [0.1, 0.15) is 12.9 Å². The van der Waals surface area contributed by atoms with Gasteiger partial charge in [0.2, 0.25) is 0 Å². The molecule has 0 bridgehead atoms. The van der Waals surface area contributed by atoms with Crippen molar-refractivity contribution >= 4 is 16.9 Å². The monoisotopic (exact) mass is 254 g/mol. The summed E-state index contributed by atoms with van der Waals surface area (Å²) in [5.41, 5.74) is 1.74. The number of carboxylic acid groups (broad SMARTS) is 1. The van der Waals surface area contributed by atoms with Gasteiger partial charge in [-0.25, -0.2) is 9.67 Å². The summed E-state index contributed by atoms with van der Waals surface area (Å²) in [5.74, 6) is -0.439. The molecule has 0 unspecified atom stereocenters. The van der Waals surface area contributed by atoms with E-state index in [-0.39, 0.29) is 6.54 Å². The Kier molecular flexibility index (Phi) is 2.68. The first-order valence-electron chi connectivity index (χ1n) is 5.69. The second-order valence-corrected chi connectivity index (χ2v) is 4.07. The number of hydrogen-bond donors (Lipinski definition) is 1. The topological polar surface area (TPSA) is 80.9 Å². The lowest BCUT2D eigenvalue weighted by molar-refractivity contribution is -0.137. The van der Waals surface area contributed by atoms with Gasteiger partial charge in [-0.15, -0.1) is 0 Å². The maximum atomic E-state index is 10.6. The molecule has 0 amide bonds.